The van der Waals surface area contributed by atoms with Crippen LogP contribution in [-0.2, 0) is 14.3 Å². The largest absolute Gasteiger partial charge is 0.467 e. The van der Waals surface area contributed by atoms with E-state index in [-0.39, 0.29) is 11.9 Å². The van der Waals surface area contributed by atoms with Crippen LogP contribution in [-0.4, -0.2) is 43.6 Å². The van der Waals surface area contributed by atoms with Gasteiger partial charge in [0.05, 0.1) is 7.11 Å². The van der Waals surface area contributed by atoms with Gasteiger partial charge in [-0.1, -0.05) is 0 Å². The number of hydrogen-bond acceptors (Lipinski definition) is 5. The molecule has 1 amide bonds. The molecule has 3 N–H and O–H groups in total. The first-order valence-electron chi connectivity index (χ1n) is 5.71. The van der Waals surface area contributed by atoms with Crippen LogP contribution in [0, 0.1) is 0 Å². The summed E-state index contributed by atoms with van der Waals surface area (Å²) in [5.41, 5.74) is 5.34. The van der Waals surface area contributed by atoms with Crippen molar-refractivity contribution in [2.75, 3.05) is 25.7 Å². The number of rotatable bonds is 9. The Bertz CT molecular complexity index is 237. The van der Waals surface area contributed by atoms with Crippen molar-refractivity contribution in [2.24, 2.45) is 5.73 Å². The Labute approximate surface area is 107 Å². The van der Waals surface area contributed by atoms with Gasteiger partial charge in [0.1, 0.15) is 6.04 Å². The van der Waals surface area contributed by atoms with E-state index in [0.29, 0.717) is 19.4 Å². The molecular weight excluding hydrogens is 240 g/mol. The van der Waals surface area contributed by atoms with E-state index in [9.17, 15) is 9.59 Å². The quantitative estimate of drug-likeness (QED) is 0.468. The van der Waals surface area contributed by atoms with Crippen LogP contribution in [0.2, 0.25) is 0 Å². The smallest absolute Gasteiger partial charge is 0.328 e. The van der Waals surface area contributed by atoms with Crippen LogP contribution in [0.4, 0.5) is 0 Å². The fraction of sp³-hybridized carbons (Fsp3) is 0.818. The third-order valence-electron chi connectivity index (χ3n) is 2.29. The number of nitrogens with two attached hydrogens (primary N) is 1. The second kappa shape index (κ2) is 10.4. The molecule has 1 unspecified atom stereocenters. The molecule has 0 aromatic rings. The zero-order valence-electron chi connectivity index (χ0n) is 10.5. The van der Waals surface area contributed by atoms with Gasteiger partial charge in [-0.25, -0.2) is 4.79 Å². The van der Waals surface area contributed by atoms with Gasteiger partial charge in [0.2, 0.25) is 5.91 Å². The van der Waals surface area contributed by atoms with Crippen molar-refractivity contribution in [3.63, 3.8) is 0 Å². The molecule has 0 aromatic heterocycles. The molecule has 100 valence electrons. The van der Waals surface area contributed by atoms with Crippen molar-refractivity contribution in [1.82, 2.24) is 5.32 Å². The molecule has 0 fully saturated rings. The Morgan fingerprint density at radius 3 is 2.65 bits per heavy atom. The number of hydrogen-bond donors (Lipinski definition) is 2. The van der Waals surface area contributed by atoms with Gasteiger partial charge in [-0.2, -0.15) is 11.8 Å². The standard InChI is InChI=1S/C11H22N2O3S/c1-16-11(15)9(6-8-17-2)13-10(14)5-3-4-7-12/h9H,3-8,12H2,1-2H3,(H,13,14). The summed E-state index contributed by atoms with van der Waals surface area (Å²) in [6.07, 6.45) is 4.53. The maximum atomic E-state index is 11.5. The van der Waals surface area contributed by atoms with Crippen LogP contribution in [0.15, 0.2) is 0 Å². The summed E-state index contributed by atoms with van der Waals surface area (Å²) in [5, 5.41) is 2.69. The topological polar surface area (TPSA) is 81.4 Å². The number of thioether (sulfide) groups is 1. The van der Waals surface area contributed by atoms with Crippen molar-refractivity contribution in [3.05, 3.63) is 0 Å². The highest BCUT2D eigenvalue weighted by Crippen LogP contribution is 2.03. The monoisotopic (exact) mass is 262 g/mol. The zero-order chi connectivity index (χ0) is 13.1. The maximum absolute atomic E-state index is 11.5. The Hall–Kier alpha value is -0.750. The minimum absolute atomic E-state index is 0.116. The third kappa shape index (κ3) is 8.04. The Balaban J connectivity index is 4.03. The molecular formula is C11H22N2O3S. The number of carbonyl (C=O) groups excluding carboxylic acids is 2. The van der Waals surface area contributed by atoms with Gasteiger partial charge in [0.25, 0.3) is 0 Å². The van der Waals surface area contributed by atoms with Crippen molar-refractivity contribution >= 4 is 23.6 Å². The van der Waals surface area contributed by atoms with Crippen molar-refractivity contribution in [2.45, 2.75) is 31.7 Å². The number of unbranched alkanes of at least 4 members (excludes halogenated alkanes) is 1. The van der Waals surface area contributed by atoms with Crippen LogP contribution in [0.25, 0.3) is 0 Å². The van der Waals surface area contributed by atoms with E-state index < -0.39 is 6.04 Å². The molecule has 0 radical (unpaired) electrons. The van der Waals surface area contributed by atoms with Crippen molar-refractivity contribution in [3.8, 4) is 0 Å². The van der Waals surface area contributed by atoms with E-state index in [1.54, 1.807) is 11.8 Å². The fourth-order valence-electron chi connectivity index (χ4n) is 1.32. The van der Waals surface area contributed by atoms with E-state index in [1.807, 2.05) is 6.26 Å². The highest BCUT2D eigenvalue weighted by molar-refractivity contribution is 7.98. The predicted octanol–water partition coefficient (Wildman–Crippen LogP) is 0.526. The maximum Gasteiger partial charge on any atom is 0.328 e. The average molecular weight is 262 g/mol. The molecule has 0 aliphatic heterocycles. The molecule has 1 atom stereocenters. The van der Waals surface area contributed by atoms with Gasteiger partial charge in [-0.15, -0.1) is 0 Å². The summed E-state index contributed by atoms with van der Waals surface area (Å²) in [6, 6.07) is -0.530. The van der Waals surface area contributed by atoms with Crippen molar-refractivity contribution in [1.29, 1.82) is 0 Å². The van der Waals surface area contributed by atoms with E-state index in [0.717, 1.165) is 18.6 Å². The predicted molar refractivity (Wildman–Crippen MR) is 69.9 cm³/mol. The van der Waals surface area contributed by atoms with Gasteiger partial charge in [-0.3, -0.25) is 4.79 Å². The number of methoxy groups -OCH3 is 1. The molecule has 0 heterocycles. The van der Waals surface area contributed by atoms with Gasteiger partial charge in [-0.05, 0) is 37.8 Å². The second-order valence-corrected chi connectivity index (χ2v) is 4.66. The molecule has 0 bridgehead atoms. The fourth-order valence-corrected chi connectivity index (χ4v) is 1.79. The van der Waals surface area contributed by atoms with Crippen LogP contribution < -0.4 is 11.1 Å². The van der Waals surface area contributed by atoms with E-state index >= 15 is 0 Å². The Kier molecular flexibility index (Phi) is 9.95. The third-order valence-corrected chi connectivity index (χ3v) is 2.93. The molecule has 0 saturated carbocycles. The normalized spacial score (nSPS) is 11.9. The number of ether oxygens (including phenoxy) is 1. The SMILES string of the molecule is COC(=O)C(CCSC)NC(=O)CCCCN. The molecule has 0 aromatic carbocycles. The van der Waals surface area contributed by atoms with Gasteiger partial charge in [0, 0.05) is 6.42 Å². The van der Waals surface area contributed by atoms with Gasteiger partial charge in [0.15, 0.2) is 0 Å². The van der Waals surface area contributed by atoms with Crippen LogP contribution in [0.1, 0.15) is 25.7 Å². The van der Waals surface area contributed by atoms with Crippen LogP contribution in [0.3, 0.4) is 0 Å². The van der Waals surface area contributed by atoms with Crippen LogP contribution >= 0.6 is 11.8 Å². The first kappa shape index (κ1) is 16.2. The lowest BCUT2D eigenvalue weighted by atomic mass is 10.2. The minimum Gasteiger partial charge on any atom is -0.467 e. The molecule has 6 heteroatoms. The molecule has 5 nitrogen and oxygen atoms in total. The molecule has 0 saturated heterocycles. The molecule has 0 rings (SSSR count). The van der Waals surface area contributed by atoms with Crippen molar-refractivity contribution < 1.29 is 14.3 Å². The lowest BCUT2D eigenvalue weighted by molar-refractivity contribution is -0.145. The van der Waals surface area contributed by atoms with E-state index in [2.05, 4.69) is 10.1 Å². The minimum atomic E-state index is -0.530. The van der Waals surface area contributed by atoms with E-state index in [1.165, 1.54) is 7.11 Å². The molecule has 0 aliphatic carbocycles. The number of esters is 1. The lowest BCUT2D eigenvalue weighted by Crippen LogP contribution is -2.41. The summed E-state index contributed by atoms with van der Waals surface area (Å²) >= 11 is 1.63. The molecule has 0 spiro atoms. The number of nitrogens with one attached hydrogen (secondary N) is 1. The first-order chi connectivity index (χ1) is 8.15. The molecule has 17 heavy (non-hydrogen) atoms. The van der Waals surface area contributed by atoms with Gasteiger partial charge < -0.3 is 15.8 Å². The summed E-state index contributed by atoms with van der Waals surface area (Å²) < 4.78 is 4.65. The average Bonchev–Trinajstić information content (AvgIpc) is 2.33. The summed E-state index contributed by atoms with van der Waals surface area (Å²) in [5.74, 6) is 0.309. The van der Waals surface area contributed by atoms with E-state index in [4.69, 9.17) is 5.73 Å². The Morgan fingerprint density at radius 1 is 1.41 bits per heavy atom. The Morgan fingerprint density at radius 2 is 2.12 bits per heavy atom. The second-order valence-electron chi connectivity index (χ2n) is 3.67. The van der Waals surface area contributed by atoms with Crippen LogP contribution in [0.5, 0.6) is 0 Å². The molecule has 0 aliphatic rings. The zero-order valence-corrected chi connectivity index (χ0v) is 11.3. The number of carbonyl (C=O) groups is 2. The highest BCUT2D eigenvalue weighted by Gasteiger charge is 2.20. The van der Waals surface area contributed by atoms with Gasteiger partial charge >= 0.3 is 5.97 Å². The first-order valence-corrected chi connectivity index (χ1v) is 7.11. The highest BCUT2D eigenvalue weighted by atomic mass is 32.2. The lowest BCUT2D eigenvalue weighted by Gasteiger charge is -2.15. The number of amides is 1. The summed E-state index contributed by atoms with van der Waals surface area (Å²) in [7, 11) is 1.33. The summed E-state index contributed by atoms with van der Waals surface area (Å²) in [4.78, 5) is 23.0. The summed E-state index contributed by atoms with van der Waals surface area (Å²) in [6.45, 7) is 0.584.